The average molecular weight is 262 g/mol. The van der Waals surface area contributed by atoms with Gasteiger partial charge in [0.2, 0.25) is 0 Å². The van der Waals surface area contributed by atoms with Crippen LogP contribution < -0.4 is 4.74 Å². The summed E-state index contributed by atoms with van der Waals surface area (Å²) in [6, 6.07) is 4.60. The molecule has 0 N–H and O–H groups in total. The van der Waals surface area contributed by atoms with Crippen LogP contribution in [0.5, 0.6) is 5.75 Å². The Hall–Kier alpha value is -0.980. The number of hydrogen-bond acceptors (Lipinski definition) is 1. The topological polar surface area (TPSA) is 9.23 Å². The fourth-order valence-corrected chi connectivity index (χ4v) is 2.51. The predicted octanol–water partition coefficient (Wildman–Crippen LogP) is 5.24. The fraction of sp³-hybridized carbons (Fsp3) is 0.667. The molecule has 1 rings (SSSR count). The van der Waals surface area contributed by atoms with Gasteiger partial charge < -0.3 is 4.74 Å². The number of hydrogen-bond donors (Lipinski definition) is 0. The first-order valence-corrected chi connectivity index (χ1v) is 7.42. The van der Waals surface area contributed by atoms with Crippen LogP contribution in [0.25, 0.3) is 0 Å². The maximum Gasteiger partial charge on any atom is 0.123 e. The van der Waals surface area contributed by atoms with Gasteiger partial charge in [-0.05, 0) is 41.4 Å². The summed E-state index contributed by atoms with van der Waals surface area (Å²) in [7, 11) is 0. The second-order valence-electron chi connectivity index (χ2n) is 7.30. The SMILES string of the molecule is CCOc1cc(C(C)(C)C)cc(CC)c1C(C)(C)C. The summed E-state index contributed by atoms with van der Waals surface area (Å²) < 4.78 is 5.94. The van der Waals surface area contributed by atoms with Crippen molar-refractivity contribution in [2.24, 2.45) is 0 Å². The van der Waals surface area contributed by atoms with Crippen molar-refractivity contribution in [2.45, 2.75) is 72.6 Å². The van der Waals surface area contributed by atoms with E-state index in [4.69, 9.17) is 4.74 Å². The van der Waals surface area contributed by atoms with E-state index in [-0.39, 0.29) is 10.8 Å². The van der Waals surface area contributed by atoms with E-state index >= 15 is 0 Å². The lowest BCUT2D eigenvalue weighted by atomic mass is 9.78. The Bertz CT molecular complexity index is 430. The summed E-state index contributed by atoms with van der Waals surface area (Å²) >= 11 is 0. The molecule has 108 valence electrons. The third-order valence-corrected chi connectivity index (χ3v) is 3.48. The van der Waals surface area contributed by atoms with Crippen LogP contribution >= 0.6 is 0 Å². The lowest BCUT2D eigenvalue weighted by Crippen LogP contribution is -2.19. The van der Waals surface area contributed by atoms with Gasteiger partial charge in [0, 0.05) is 5.56 Å². The van der Waals surface area contributed by atoms with Crippen molar-refractivity contribution in [1.82, 2.24) is 0 Å². The minimum atomic E-state index is 0.117. The molecule has 0 radical (unpaired) electrons. The Morgan fingerprint density at radius 2 is 1.47 bits per heavy atom. The van der Waals surface area contributed by atoms with Crippen molar-refractivity contribution in [2.75, 3.05) is 6.61 Å². The molecule has 1 nitrogen and oxygen atoms in total. The molecule has 0 saturated heterocycles. The van der Waals surface area contributed by atoms with E-state index in [1.165, 1.54) is 16.7 Å². The molecule has 1 aromatic rings. The van der Waals surface area contributed by atoms with Crippen molar-refractivity contribution >= 4 is 0 Å². The molecule has 0 unspecified atom stereocenters. The average Bonchev–Trinajstić information content (AvgIpc) is 2.25. The van der Waals surface area contributed by atoms with Crippen LogP contribution in [0.4, 0.5) is 0 Å². The highest BCUT2D eigenvalue weighted by atomic mass is 16.5. The largest absolute Gasteiger partial charge is 0.494 e. The van der Waals surface area contributed by atoms with Gasteiger partial charge in [-0.1, -0.05) is 54.5 Å². The molecule has 0 aromatic heterocycles. The molecule has 0 heterocycles. The van der Waals surface area contributed by atoms with E-state index in [9.17, 15) is 0 Å². The molecular formula is C18H30O. The first kappa shape index (κ1) is 16.1. The number of aryl methyl sites for hydroxylation is 1. The van der Waals surface area contributed by atoms with Crippen LogP contribution in [0.1, 0.15) is 72.1 Å². The minimum absolute atomic E-state index is 0.117. The third kappa shape index (κ3) is 3.75. The molecular weight excluding hydrogens is 232 g/mol. The highest BCUT2D eigenvalue weighted by Crippen LogP contribution is 2.38. The Morgan fingerprint density at radius 1 is 0.895 bits per heavy atom. The van der Waals surface area contributed by atoms with Gasteiger partial charge in [0.15, 0.2) is 0 Å². The Kier molecular flexibility index (Phi) is 4.71. The summed E-state index contributed by atoms with van der Waals surface area (Å²) in [6.07, 6.45) is 1.05. The quantitative estimate of drug-likeness (QED) is 0.723. The fourth-order valence-electron chi connectivity index (χ4n) is 2.51. The number of ether oxygens (including phenoxy) is 1. The monoisotopic (exact) mass is 262 g/mol. The van der Waals surface area contributed by atoms with Crippen LogP contribution in [0.2, 0.25) is 0 Å². The summed E-state index contributed by atoms with van der Waals surface area (Å²) in [5.41, 5.74) is 4.42. The number of rotatable bonds is 3. The minimum Gasteiger partial charge on any atom is -0.494 e. The maximum absolute atomic E-state index is 5.94. The molecule has 0 saturated carbocycles. The van der Waals surface area contributed by atoms with Crippen LogP contribution in [0, 0.1) is 0 Å². The van der Waals surface area contributed by atoms with Crippen LogP contribution in [-0.4, -0.2) is 6.61 Å². The summed E-state index contributed by atoms with van der Waals surface area (Å²) in [4.78, 5) is 0. The van der Waals surface area contributed by atoms with E-state index in [0.717, 1.165) is 18.8 Å². The van der Waals surface area contributed by atoms with Gasteiger partial charge in [-0.15, -0.1) is 0 Å². The molecule has 0 spiro atoms. The highest BCUT2D eigenvalue weighted by Gasteiger charge is 2.25. The molecule has 0 atom stereocenters. The standard InChI is InChI=1S/C18H30O/c1-9-13-11-14(17(3,4)5)12-15(19-10-2)16(13)18(6,7)8/h11-12H,9-10H2,1-8H3. The van der Waals surface area contributed by atoms with Gasteiger partial charge in [-0.25, -0.2) is 0 Å². The Labute approximate surface area is 119 Å². The van der Waals surface area contributed by atoms with Gasteiger partial charge in [0.25, 0.3) is 0 Å². The van der Waals surface area contributed by atoms with Crippen molar-refractivity contribution < 1.29 is 4.74 Å². The molecule has 1 aromatic carbocycles. The Balaban J connectivity index is 3.54. The van der Waals surface area contributed by atoms with Crippen LogP contribution in [-0.2, 0) is 17.3 Å². The van der Waals surface area contributed by atoms with E-state index in [1.54, 1.807) is 0 Å². The van der Waals surface area contributed by atoms with Crippen LogP contribution in [0.3, 0.4) is 0 Å². The molecule has 0 aliphatic heterocycles. The van der Waals surface area contributed by atoms with Crippen LogP contribution in [0.15, 0.2) is 12.1 Å². The first-order valence-electron chi connectivity index (χ1n) is 7.42. The zero-order valence-electron chi connectivity index (χ0n) is 14.0. The molecule has 19 heavy (non-hydrogen) atoms. The second-order valence-corrected chi connectivity index (χ2v) is 7.30. The van der Waals surface area contributed by atoms with Gasteiger partial charge in [0.05, 0.1) is 6.61 Å². The molecule has 0 aliphatic rings. The van der Waals surface area contributed by atoms with Gasteiger partial charge >= 0.3 is 0 Å². The van der Waals surface area contributed by atoms with Gasteiger partial charge in [-0.3, -0.25) is 0 Å². The molecule has 0 bridgehead atoms. The van der Waals surface area contributed by atoms with Crippen molar-refractivity contribution in [3.8, 4) is 5.75 Å². The van der Waals surface area contributed by atoms with E-state index < -0.39 is 0 Å². The second kappa shape index (κ2) is 5.56. The lowest BCUT2D eigenvalue weighted by Gasteiger charge is -2.29. The normalized spacial score (nSPS) is 12.6. The van der Waals surface area contributed by atoms with Gasteiger partial charge in [-0.2, -0.15) is 0 Å². The Morgan fingerprint density at radius 3 is 1.84 bits per heavy atom. The van der Waals surface area contributed by atoms with Crippen molar-refractivity contribution in [3.63, 3.8) is 0 Å². The number of benzene rings is 1. The van der Waals surface area contributed by atoms with E-state index in [0.29, 0.717) is 0 Å². The smallest absolute Gasteiger partial charge is 0.123 e. The van der Waals surface area contributed by atoms with Gasteiger partial charge in [0.1, 0.15) is 5.75 Å². The van der Waals surface area contributed by atoms with Crippen molar-refractivity contribution in [3.05, 3.63) is 28.8 Å². The third-order valence-electron chi connectivity index (χ3n) is 3.48. The van der Waals surface area contributed by atoms with E-state index in [1.807, 2.05) is 0 Å². The summed E-state index contributed by atoms with van der Waals surface area (Å²) in [5, 5.41) is 0. The zero-order chi connectivity index (χ0) is 14.8. The zero-order valence-corrected chi connectivity index (χ0v) is 14.0. The summed E-state index contributed by atoms with van der Waals surface area (Å²) in [6.45, 7) is 18.6. The lowest BCUT2D eigenvalue weighted by molar-refractivity contribution is 0.328. The maximum atomic E-state index is 5.94. The molecule has 1 heteroatoms. The summed E-state index contributed by atoms with van der Waals surface area (Å²) in [5.74, 6) is 1.07. The highest BCUT2D eigenvalue weighted by molar-refractivity contribution is 5.49. The molecule has 0 fully saturated rings. The van der Waals surface area contributed by atoms with Crippen molar-refractivity contribution in [1.29, 1.82) is 0 Å². The first-order chi connectivity index (χ1) is 8.61. The molecule has 0 aliphatic carbocycles. The predicted molar refractivity (Wildman–Crippen MR) is 84.4 cm³/mol. The molecule has 0 amide bonds. The van der Waals surface area contributed by atoms with E-state index in [2.05, 4.69) is 67.5 Å².